The molecule has 6 aliphatic rings. The maximum absolute atomic E-state index is 12.2. The highest BCUT2D eigenvalue weighted by atomic mass is 16.8. The van der Waals surface area contributed by atoms with Crippen molar-refractivity contribution in [2.45, 2.75) is 199 Å². The Bertz CT molecular complexity index is 1360. The number of allylic oxidation sites excluding steroid dienone is 2. The number of hydrogen-bond donors (Lipinski definition) is 9. The van der Waals surface area contributed by atoms with Crippen LogP contribution in [0.1, 0.15) is 113 Å². The molecule has 9 N–H and O–H groups in total. The average molecular weight is 785 g/mol. The van der Waals surface area contributed by atoms with Gasteiger partial charge >= 0.3 is 0 Å². The van der Waals surface area contributed by atoms with Gasteiger partial charge in [0.2, 0.25) is 0 Å². The molecule has 21 atom stereocenters. The number of hydrogen-bond acceptors (Lipinski definition) is 13. The van der Waals surface area contributed by atoms with E-state index in [0.717, 1.165) is 25.7 Å². The molecule has 0 spiro atoms. The molecule has 2 heterocycles. The molecule has 6 fully saturated rings. The maximum atomic E-state index is 12.2. The molecule has 13 heteroatoms. The zero-order valence-corrected chi connectivity index (χ0v) is 34.2. The highest BCUT2D eigenvalue weighted by molar-refractivity contribution is 5.18. The van der Waals surface area contributed by atoms with Gasteiger partial charge in [-0.15, -0.1) is 0 Å². The van der Waals surface area contributed by atoms with E-state index in [1.165, 1.54) is 12.5 Å². The van der Waals surface area contributed by atoms with Gasteiger partial charge in [-0.25, -0.2) is 0 Å². The van der Waals surface area contributed by atoms with Crippen LogP contribution < -0.4 is 0 Å². The van der Waals surface area contributed by atoms with Gasteiger partial charge in [0.25, 0.3) is 0 Å². The van der Waals surface area contributed by atoms with E-state index < -0.39 is 103 Å². The lowest BCUT2D eigenvalue weighted by molar-refractivity contribution is -0.379. The average Bonchev–Trinajstić information content (AvgIpc) is 3.51. The van der Waals surface area contributed by atoms with E-state index in [2.05, 4.69) is 33.8 Å². The summed E-state index contributed by atoms with van der Waals surface area (Å²) < 4.78 is 25.0. The Labute approximate surface area is 327 Å². The van der Waals surface area contributed by atoms with Crippen LogP contribution in [-0.2, 0) is 18.9 Å². The highest BCUT2D eigenvalue weighted by Crippen LogP contribution is 2.71. The van der Waals surface area contributed by atoms with E-state index in [1.807, 2.05) is 20.8 Å². The summed E-state index contributed by atoms with van der Waals surface area (Å²) in [4.78, 5) is 0. The third-order valence-electron chi connectivity index (χ3n) is 16.2. The summed E-state index contributed by atoms with van der Waals surface area (Å²) in [5.41, 5.74) is -1.07. The summed E-state index contributed by atoms with van der Waals surface area (Å²) >= 11 is 0. The molecular formula is C42H72O13. The van der Waals surface area contributed by atoms with E-state index in [0.29, 0.717) is 32.1 Å². The Morgan fingerprint density at radius 1 is 0.818 bits per heavy atom. The molecular weight excluding hydrogens is 712 g/mol. The highest BCUT2D eigenvalue weighted by Gasteiger charge is 2.69. The van der Waals surface area contributed by atoms with Gasteiger partial charge < -0.3 is 64.9 Å². The molecule has 13 nitrogen and oxygen atoms in total. The molecule has 2 aliphatic heterocycles. The molecule has 0 aromatic carbocycles. The fraction of sp³-hybridized carbons (Fsp3) is 0.952. The molecule has 4 aliphatic carbocycles. The first-order valence-corrected chi connectivity index (χ1v) is 21.0. The number of rotatable bonds is 10. The third-order valence-corrected chi connectivity index (χ3v) is 16.2. The van der Waals surface area contributed by atoms with E-state index in [-0.39, 0.29) is 35.0 Å². The Balaban J connectivity index is 1.34. The lowest BCUT2D eigenvalue weighted by Gasteiger charge is -2.68. The zero-order chi connectivity index (χ0) is 40.6. The van der Waals surface area contributed by atoms with Crippen molar-refractivity contribution in [2.75, 3.05) is 6.61 Å². The summed E-state index contributed by atoms with van der Waals surface area (Å²) in [6.45, 7) is 15.7. The molecule has 318 valence electrons. The molecule has 0 bridgehead atoms. The predicted molar refractivity (Wildman–Crippen MR) is 201 cm³/mol. The summed E-state index contributed by atoms with van der Waals surface area (Å²) in [6, 6.07) is 0. The predicted octanol–water partition coefficient (Wildman–Crippen LogP) is 2.15. The van der Waals surface area contributed by atoms with Crippen LogP contribution in [0.4, 0.5) is 0 Å². The molecule has 2 saturated heterocycles. The molecule has 55 heavy (non-hydrogen) atoms. The fourth-order valence-electron chi connectivity index (χ4n) is 12.9. The molecule has 0 aromatic rings. The normalized spacial score (nSPS) is 52.5. The molecule has 0 radical (unpaired) electrons. The van der Waals surface area contributed by atoms with Crippen LogP contribution in [-0.4, -0.2) is 138 Å². The minimum atomic E-state index is -1.69. The topological polar surface area (TPSA) is 219 Å². The van der Waals surface area contributed by atoms with E-state index in [1.54, 1.807) is 0 Å². The molecule has 0 amide bonds. The summed E-state index contributed by atoms with van der Waals surface area (Å²) in [5, 5.41) is 100. The van der Waals surface area contributed by atoms with Crippen molar-refractivity contribution in [2.24, 2.45) is 45.8 Å². The summed E-state index contributed by atoms with van der Waals surface area (Å²) in [6.07, 6.45) is -7.68. The Morgan fingerprint density at radius 2 is 1.47 bits per heavy atom. The molecule has 0 aromatic heterocycles. The van der Waals surface area contributed by atoms with E-state index in [4.69, 9.17) is 18.9 Å². The largest absolute Gasteiger partial charge is 0.394 e. The quantitative estimate of drug-likeness (QED) is 0.115. The van der Waals surface area contributed by atoms with Gasteiger partial charge in [0.1, 0.15) is 42.7 Å². The lowest BCUT2D eigenvalue weighted by atomic mass is 9.39. The number of aliphatic hydroxyl groups excluding tert-OH is 8. The second kappa shape index (κ2) is 16.0. The zero-order valence-electron chi connectivity index (χ0n) is 34.2. The number of ether oxygens (including phenoxy) is 4. The van der Waals surface area contributed by atoms with Crippen LogP contribution in [0.15, 0.2) is 11.6 Å². The van der Waals surface area contributed by atoms with Gasteiger partial charge in [0.15, 0.2) is 12.6 Å². The van der Waals surface area contributed by atoms with Crippen molar-refractivity contribution in [1.29, 1.82) is 0 Å². The molecule has 4 saturated carbocycles. The monoisotopic (exact) mass is 784 g/mol. The number of aliphatic hydroxyl groups is 9. The lowest BCUT2D eigenvalue weighted by Crippen LogP contribution is -2.68. The minimum Gasteiger partial charge on any atom is -0.394 e. The second-order valence-electron chi connectivity index (χ2n) is 19.8. The van der Waals surface area contributed by atoms with Gasteiger partial charge in [-0.3, -0.25) is 0 Å². The van der Waals surface area contributed by atoms with Crippen LogP contribution in [0.3, 0.4) is 0 Å². The summed E-state index contributed by atoms with van der Waals surface area (Å²) in [7, 11) is 0. The van der Waals surface area contributed by atoms with Crippen LogP contribution in [0.2, 0.25) is 0 Å². The van der Waals surface area contributed by atoms with E-state index in [9.17, 15) is 46.0 Å². The van der Waals surface area contributed by atoms with Gasteiger partial charge in [0.05, 0.1) is 36.6 Å². The van der Waals surface area contributed by atoms with Crippen molar-refractivity contribution in [3.63, 3.8) is 0 Å². The van der Waals surface area contributed by atoms with Crippen LogP contribution >= 0.6 is 0 Å². The molecule has 6 rings (SSSR count). The first-order valence-electron chi connectivity index (χ1n) is 21.0. The van der Waals surface area contributed by atoms with Crippen molar-refractivity contribution in [3.05, 3.63) is 11.6 Å². The van der Waals surface area contributed by atoms with Crippen molar-refractivity contribution in [3.8, 4) is 0 Å². The van der Waals surface area contributed by atoms with Crippen molar-refractivity contribution >= 4 is 0 Å². The van der Waals surface area contributed by atoms with Crippen LogP contribution in [0, 0.1) is 45.8 Å². The van der Waals surface area contributed by atoms with Gasteiger partial charge in [0, 0.05) is 0 Å². The van der Waals surface area contributed by atoms with Gasteiger partial charge in [-0.05, 0) is 124 Å². The SMILES string of the molecule is CC/C(C)=C/CC[C@](C)(O)[C@@H]1CC[C@@]2(C)[C@H]1[C@@H](O)C[C@@H]1[C@@H]2C[C@@H](O[C@@H]2O[C@H](CO)[C@@H](O)[C@H](O)[C@H]2O[C@@H]2O[C@@H](C)[C@H](O)[C@@H](O)[C@H]2O)[C@@H]2C(C)(C)[C@H](O)CC[C@]12C. The first kappa shape index (κ1) is 43.8. The minimum absolute atomic E-state index is 0.0642. The Hall–Kier alpha value is -0.780. The Morgan fingerprint density at radius 3 is 2.13 bits per heavy atom. The maximum Gasteiger partial charge on any atom is 0.187 e. The van der Waals surface area contributed by atoms with Gasteiger partial charge in [-0.2, -0.15) is 0 Å². The fourth-order valence-corrected chi connectivity index (χ4v) is 12.9. The standard InChI is InChI=1S/C42H72O13/c1-9-20(2)11-10-14-42(8,51)22-12-15-40(6)24-18-26(36-39(4,5)28(45)13-16-41(36,7)23(24)17-25(44)29(22)40)53-38-35(33(49)31(47)27(19-43)54-38)55-37-34(50)32(48)30(46)21(3)52-37/h11,21-38,43-51H,9-10,12-19H2,1-8H3/b20-11+/t21-,22+,23+,24-,25-,26+,27+,28+,29+,30-,31+,32+,33-,34+,35+,36+,37-,38+,40+,41+,42-/m0/s1. The van der Waals surface area contributed by atoms with E-state index >= 15 is 0 Å². The number of fused-ring (bicyclic) bond motifs is 5. The van der Waals surface area contributed by atoms with Crippen molar-refractivity contribution in [1.82, 2.24) is 0 Å². The third kappa shape index (κ3) is 7.52. The Kier molecular flexibility index (Phi) is 12.7. The van der Waals surface area contributed by atoms with Crippen molar-refractivity contribution < 1.29 is 64.9 Å². The smallest absolute Gasteiger partial charge is 0.187 e. The molecule has 0 unspecified atom stereocenters. The summed E-state index contributed by atoms with van der Waals surface area (Å²) in [5.74, 6) is -0.335. The van der Waals surface area contributed by atoms with Gasteiger partial charge in [-0.1, -0.05) is 46.3 Å². The van der Waals surface area contributed by atoms with Crippen LogP contribution in [0.5, 0.6) is 0 Å². The van der Waals surface area contributed by atoms with Crippen LogP contribution in [0.25, 0.3) is 0 Å². The first-order chi connectivity index (χ1) is 25.6. The second-order valence-corrected chi connectivity index (χ2v) is 19.8.